The second-order valence-corrected chi connectivity index (χ2v) is 5.88. The Bertz CT molecular complexity index is 457. The van der Waals surface area contributed by atoms with Crippen LogP contribution in [-0.4, -0.2) is 54.2 Å². The lowest BCUT2D eigenvalue weighted by molar-refractivity contribution is 0.0896. The summed E-state index contributed by atoms with van der Waals surface area (Å²) in [5.74, 6) is 0.465. The molecule has 1 aromatic rings. The lowest BCUT2D eigenvalue weighted by atomic mass is 9.92. The molecule has 0 radical (unpaired) electrons. The molecule has 6 heteroatoms. The lowest BCUT2D eigenvalue weighted by Crippen LogP contribution is -2.27. The average Bonchev–Trinajstić information content (AvgIpc) is 2.92. The van der Waals surface area contributed by atoms with Crippen LogP contribution in [0.1, 0.15) is 17.4 Å². The van der Waals surface area contributed by atoms with Crippen LogP contribution in [0.3, 0.4) is 0 Å². The van der Waals surface area contributed by atoms with Crippen LogP contribution in [-0.2, 0) is 6.54 Å². The number of halogens is 1. The number of Topliss-reactive ketones (excluding diaryl/α,β-unsaturated/α-hetero) is 1. The van der Waals surface area contributed by atoms with E-state index in [4.69, 9.17) is 11.6 Å². The zero-order chi connectivity index (χ0) is 14.0. The molecular formula is C13H21ClN4O. The molecule has 1 N–H and O–H groups in total. The molecular weight excluding hydrogens is 264 g/mol. The molecule has 0 bridgehead atoms. The van der Waals surface area contributed by atoms with E-state index in [-0.39, 0.29) is 11.7 Å². The number of nitrogens with zero attached hydrogens (tertiary/aromatic N) is 3. The zero-order valence-electron chi connectivity index (χ0n) is 11.7. The Morgan fingerprint density at radius 3 is 2.89 bits per heavy atom. The van der Waals surface area contributed by atoms with Crippen LogP contribution in [0.5, 0.6) is 0 Å². The molecule has 2 unspecified atom stereocenters. The summed E-state index contributed by atoms with van der Waals surface area (Å²) in [7, 11) is 3.99. The Morgan fingerprint density at radius 2 is 2.32 bits per heavy atom. The topological polar surface area (TPSA) is 50.2 Å². The van der Waals surface area contributed by atoms with Gasteiger partial charge in [-0.15, -0.1) is 0 Å². The van der Waals surface area contributed by atoms with Crippen LogP contribution >= 0.6 is 11.6 Å². The molecule has 19 heavy (non-hydrogen) atoms. The number of ketones is 1. The molecule has 106 valence electrons. The van der Waals surface area contributed by atoms with Crippen molar-refractivity contribution in [3.8, 4) is 0 Å². The van der Waals surface area contributed by atoms with Gasteiger partial charge in [-0.25, -0.2) is 0 Å². The highest BCUT2D eigenvalue weighted by Gasteiger charge is 2.33. The third kappa shape index (κ3) is 3.16. The molecule has 0 saturated carbocycles. The molecule has 1 aliphatic rings. The van der Waals surface area contributed by atoms with E-state index in [1.54, 1.807) is 10.9 Å². The molecule has 0 aromatic carbocycles. The van der Waals surface area contributed by atoms with Gasteiger partial charge in [0.2, 0.25) is 0 Å². The van der Waals surface area contributed by atoms with E-state index >= 15 is 0 Å². The minimum Gasteiger partial charge on any atom is -0.316 e. The smallest absolute Gasteiger partial charge is 0.187 e. The van der Waals surface area contributed by atoms with Crippen molar-refractivity contribution in [2.24, 2.45) is 11.8 Å². The molecule has 1 saturated heterocycles. The van der Waals surface area contributed by atoms with Crippen molar-refractivity contribution in [3.63, 3.8) is 0 Å². The summed E-state index contributed by atoms with van der Waals surface area (Å²) < 4.78 is 1.73. The van der Waals surface area contributed by atoms with E-state index in [0.29, 0.717) is 23.2 Å². The summed E-state index contributed by atoms with van der Waals surface area (Å²) in [4.78, 5) is 14.7. The number of likely N-dealkylation sites (N-methyl/N-ethyl adjacent to an activating group) is 1. The van der Waals surface area contributed by atoms with Gasteiger partial charge in [0.05, 0.1) is 17.8 Å². The quantitative estimate of drug-likeness (QED) is 0.824. The second-order valence-electron chi connectivity index (χ2n) is 5.47. The second kappa shape index (κ2) is 6.03. The zero-order valence-corrected chi connectivity index (χ0v) is 12.4. The van der Waals surface area contributed by atoms with E-state index in [0.717, 1.165) is 19.6 Å². The van der Waals surface area contributed by atoms with Gasteiger partial charge in [-0.2, -0.15) is 5.10 Å². The molecule has 1 aliphatic heterocycles. The monoisotopic (exact) mass is 284 g/mol. The summed E-state index contributed by atoms with van der Waals surface area (Å²) >= 11 is 6.14. The number of aromatic nitrogens is 2. The Morgan fingerprint density at radius 1 is 1.58 bits per heavy atom. The largest absolute Gasteiger partial charge is 0.316 e. The van der Waals surface area contributed by atoms with Crippen molar-refractivity contribution in [3.05, 3.63) is 16.9 Å². The van der Waals surface area contributed by atoms with Gasteiger partial charge in [0.25, 0.3) is 0 Å². The summed E-state index contributed by atoms with van der Waals surface area (Å²) in [6, 6.07) is 0. The Labute approximate surface area is 118 Å². The molecule has 0 amide bonds. The summed E-state index contributed by atoms with van der Waals surface area (Å²) in [6.07, 6.45) is 1.57. The highest BCUT2D eigenvalue weighted by atomic mass is 35.5. The van der Waals surface area contributed by atoms with Crippen molar-refractivity contribution in [2.45, 2.75) is 13.5 Å². The minimum atomic E-state index is 0.00676. The minimum absolute atomic E-state index is 0.00676. The van der Waals surface area contributed by atoms with Crippen LogP contribution in [0.15, 0.2) is 6.20 Å². The van der Waals surface area contributed by atoms with Crippen molar-refractivity contribution in [1.29, 1.82) is 0 Å². The molecule has 5 nitrogen and oxygen atoms in total. The van der Waals surface area contributed by atoms with Crippen LogP contribution in [0, 0.1) is 11.8 Å². The molecule has 0 spiro atoms. The standard InChI is InChI=1S/C13H21ClN4O/c1-9-6-15-7-10(9)13(19)12-11(14)8-16-18(12)5-4-17(2)3/h8-10,15H,4-7H2,1-3H3. The molecule has 0 aliphatic carbocycles. The first kappa shape index (κ1) is 14.5. The first-order valence-electron chi connectivity index (χ1n) is 6.61. The Hall–Kier alpha value is -0.910. The number of hydrogen-bond donors (Lipinski definition) is 1. The maximum atomic E-state index is 12.6. The molecule has 2 rings (SSSR count). The van der Waals surface area contributed by atoms with Gasteiger partial charge in [0, 0.05) is 19.0 Å². The van der Waals surface area contributed by atoms with Crippen LogP contribution in [0.4, 0.5) is 0 Å². The van der Waals surface area contributed by atoms with Crippen molar-refractivity contribution < 1.29 is 4.79 Å². The van der Waals surface area contributed by atoms with E-state index in [9.17, 15) is 4.79 Å². The van der Waals surface area contributed by atoms with Gasteiger partial charge in [-0.05, 0) is 26.6 Å². The number of carbonyl (C=O) groups excluding carboxylic acids is 1. The third-order valence-electron chi connectivity index (χ3n) is 3.64. The van der Waals surface area contributed by atoms with Crippen molar-refractivity contribution in [1.82, 2.24) is 20.0 Å². The first-order chi connectivity index (χ1) is 9.00. The number of hydrogen-bond acceptors (Lipinski definition) is 4. The lowest BCUT2D eigenvalue weighted by Gasteiger charge is -2.16. The number of carbonyl (C=O) groups is 1. The van der Waals surface area contributed by atoms with Gasteiger partial charge in [0.15, 0.2) is 5.78 Å². The van der Waals surface area contributed by atoms with E-state index < -0.39 is 0 Å². The van der Waals surface area contributed by atoms with Crippen molar-refractivity contribution >= 4 is 17.4 Å². The number of nitrogens with one attached hydrogen (secondary N) is 1. The third-order valence-corrected chi connectivity index (χ3v) is 3.92. The maximum Gasteiger partial charge on any atom is 0.187 e. The van der Waals surface area contributed by atoms with Gasteiger partial charge in [-0.3, -0.25) is 9.48 Å². The van der Waals surface area contributed by atoms with Crippen molar-refractivity contribution in [2.75, 3.05) is 33.7 Å². The summed E-state index contributed by atoms with van der Waals surface area (Å²) in [5, 5.41) is 7.94. The van der Waals surface area contributed by atoms with Gasteiger partial charge >= 0.3 is 0 Å². The molecule has 2 atom stereocenters. The fourth-order valence-corrected chi connectivity index (χ4v) is 2.64. The number of rotatable bonds is 5. The fourth-order valence-electron chi connectivity index (χ4n) is 2.41. The van der Waals surface area contributed by atoms with E-state index in [1.165, 1.54) is 0 Å². The van der Waals surface area contributed by atoms with Gasteiger partial charge in [-0.1, -0.05) is 18.5 Å². The van der Waals surface area contributed by atoms with Gasteiger partial charge < -0.3 is 10.2 Å². The van der Waals surface area contributed by atoms with Crippen LogP contribution < -0.4 is 5.32 Å². The predicted octanol–water partition coefficient (Wildman–Crippen LogP) is 1.14. The van der Waals surface area contributed by atoms with Crippen LogP contribution in [0.2, 0.25) is 5.02 Å². The first-order valence-corrected chi connectivity index (χ1v) is 6.99. The predicted molar refractivity (Wildman–Crippen MR) is 75.6 cm³/mol. The maximum absolute atomic E-state index is 12.6. The van der Waals surface area contributed by atoms with E-state index in [1.807, 2.05) is 14.1 Å². The molecule has 2 heterocycles. The van der Waals surface area contributed by atoms with E-state index in [2.05, 4.69) is 22.2 Å². The van der Waals surface area contributed by atoms with Gasteiger partial charge in [0.1, 0.15) is 5.69 Å². The average molecular weight is 285 g/mol. The normalized spacial score (nSPS) is 23.2. The Kier molecular flexibility index (Phi) is 4.60. The SMILES string of the molecule is CC1CNCC1C(=O)c1c(Cl)cnn1CCN(C)C. The fraction of sp³-hybridized carbons (Fsp3) is 0.692. The summed E-state index contributed by atoms with van der Waals surface area (Å²) in [5.41, 5.74) is 0.559. The highest BCUT2D eigenvalue weighted by Crippen LogP contribution is 2.25. The Balaban J connectivity index is 2.18. The highest BCUT2D eigenvalue weighted by molar-refractivity contribution is 6.33. The summed E-state index contributed by atoms with van der Waals surface area (Å²) in [6.45, 7) is 5.22. The molecule has 1 aromatic heterocycles. The van der Waals surface area contributed by atoms with Crippen LogP contribution in [0.25, 0.3) is 0 Å². The molecule has 1 fully saturated rings.